The van der Waals surface area contributed by atoms with E-state index >= 15 is 0 Å². The van der Waals surface area contributed by atoms with E-state index in [0.29, 0.717) is 32.4 Å². The molecule has 1 fully saturated rings. The fourth-order valence-corrected chi connectivity index (χ4v) is 3.05. The highest BCUT2D eigenvalue weighted by Crippen LogP contribution is 2.29. The lowest BCUT2D eigenvalue weighted by Gasteiger charge is -2.20. The molecule has 23 heavy (non-hydrogen) atoms. The SMILES string of the molecule is NCCCC[C@H](N)C(=O)N1CC(CCCB(O)O)C(C(=O)O)C1. The summed E-state index contributed by atoms with van der Waals surface area (Å²) in [5.74, 6) is -1.93. The summed E-state index contributed by atoms with van der Waals surface area (Å²) >= 11 is 0. The van der Waals surface area contributed by atoms with Crippen LogP contribution < -0.4 is 11.5 Å². The topological polar surface area (TPSA) is 150 Å². The van der Waals surface area contributed by atoms with Crippen LogP contribution >= 0.6 is 0 Å². The predicted molar refractivity (Wildman–Crippen MR) is 86.3 cm³/mol. The van der Waals surface area contributed by atoms with E-state index in [1.807, 2.05) is 0 Å². The third-order valence-corrected chi connectivity index (χ3v) is 4.39. The molecule has 9 heteroatoms. The first-order chi connectivity index (χ1) is 10.9. The maximum absolute atomic E-state index is 12.3. The molecule has 0 spiro atoms. The average Bonchev–Trinajstić information content (AvgIpc) is 2.90. The smallest absolute Gasteiger partial charge is 0.451 e. The molecule has 0 aromatic carbocycles. The number of rotatable bonds is 10. The highest BCUT2D eigenvalue weighted by atomic mass is 16.4. The lowest BCUT2D eigenvalue weighted by Crippen LogP contribution is -2.43. The Morgan fingerprint density at radius 3 is 2.48 bits per heavy atom. The zero-order valence-electron chi connectivity index (χ0n) is 13.4. The van der Waals surface area contributed by atoms with Crippen molar-refractivity contribution in [1.82, 2.24) is 4.90 Å². The molecule has 0 radical (unpaired) electrons. The third-order valence-electron chi connectivity index (χ3n) is 4.39. The van der Waals surface area contributed by atoms with Gasteiger partial charge in [0.1, 0.15) is 0 Å². The van der Waals surface area contributed by atoms with Crippen molar-refractivity contribution in [2.75, 3.05) is 19.6 Å². The number of unbranched alkanes of at least 4 members (excludes halogenated alkanes) is 1. The van der Waals surface area contributed by atoms with Gasteiger partial charge in [-0.1, -0.05) is 12.8 Å². The Hall–Kier alpha value is -1.16. The van der Waals surface area contributed by atoms with Gasteiger partial charge in [-0.2, -0.15) is 0 Å². The van der Waals surface area contributed by atoms with E-state index in [4.69, 9.17) is 21.5 Å². The lowest BCUT2D eigenvalue weighted by atomic mass is 9.80. The summed E-state index contributed by atoms with van der Waals surface area (Å²) in [5, 5.41) is 27.1. The molecule has 7 N–H and O–H groups in total. The van der Waals surface area contributed by atoms with Crippen LogP contribution in [-0.2, 0) is 9.59 Å². The number of carboxylic acids is 1. The molecule has 0 bridgehead atoms. The van der Waals surface area contributed by atoms with Crippen LogP contribution in [0.2, 0.25) is 6.32 Å². The highest BCUT2D eigenvalue weighted by Gasteiger charge is 2.40. The zero-order chi connectivity index (χ0) is 17.4. The van der Waals surface area contributed by atoms with Gasteiger partial charge in [-0.05, 0) is 38.0 Å². The maximum Gasteiger partial charge on any atom is 0.451 e. The molecule has 1 amide bonds. The van der Waals surface area contributed by atoms with E-state index < -0.39 is 25.0 Å². The summed E-state index contributed by atoms with van der Waals surface area (Å²) < 4.78 is 0. The molecule has 1 rings (SSSR count). The van der Waals surface area contributed by atoms with Crippen LogP contribution in [0.25, 0.3) is 0 Å². The van der Waals surface area contributed by atoms with Gasteiger partial charge in [0, 0.05) is 13.1 Å². The summed E-state index contributed by atoms with van der Waals surface area (Å²) in [5.41, 5.74) is 11.3. The van der Waals surface area contributed by atoms with E-state index in [-0.39, 0.29) is 24.7 Å². The van der Waals surface area contributed by atoms with Crippen molar-refractivity contribution in [2.45, 2.75) is 44.5 Å². The van der Waals surface area contributed by atoms with Gasteiger partial charge < -0.3 is 31.5 Å². The van der Waals surface area contributed by atoms with Gasteiger partial charge in [-0.15, -0.1) is 0 Å². The fourth-order valence-electron chi connectivity index (χ4n) is 3.05. The second kappa shape index (κ2) is 9.87. The monoisotopic (exact) mass is 329 g/mol. The molecular formula is C14H28BN3O5. The largest absolute Gasteiger partial charge is 0.481 e. The summed E-state index contributed by atoms with van der Waals surface area (Å²) in [4.78, 5) is 25.2. The number of nitrogens with zero attached hydrogens (tertiary/aromatic N) is 1. The quantitative estimate of drug-likeness (QED) is 0.251. The van der Waals surface area contributed by atoms with E-state index in [9.17, 15) is 14.7 Å². The first-order valence-corrected chi connectivity index (χ1v) is 8.20. The minimum atomic E-state index is -1.38. The molecule has 1 saturated heterocycles. The lowest BCUT2D eigenvalue weighted by molar-refractivity contribution is -0.142. The Balaban J connectivity index is 2.54. The normalized spacial score (nSPS) is 22.2. The van der Waals surface area contributed by atoms with Crippen LogP contribution in [0.5, 0.6) is 0 Å². The number of carboxylic acid groups (broad SMARTS) is 1. The van der Waals surface area contributed by atoms with Gasteiger partial charge in [0.15, 0.2) is 0 Å². The molecular weight excluding hydrogens is 301 g/mol. The number of aliphatic carboxylic acids is 1. The number of nitrogens with two attached hydrogens (primary N) is 2. The third kappa shape index (κ3) is 6.46. The first kappa shape index (κ1) is 19.9. The number of carbonyl (C=O) groups is 2. The molecule has 1 heterocycles. The van der Waals surface area contributed by atoms with Crippen LogP contribution in [0.1, 0.15) is 32.1 Å². The zero-order valence-corrected chi connectivity index (χ0v) is 13.4. The molecule has 0 saturated carbocycles. The van der Waals surface area contributed by atoms with Crippen LogP contribution in [-0.4, -0.2) is 64.7 Å². The van der Waals surface area contributed by atoms with E-state index in [2.05, 4.69) is 0 Å². The van der Waals surface area contributed by atoms with E-state index in [0.717, 1.165) is 12.8 Å². The fraction of sp³-hybridized carbons (Fsp3) is 0.857. The van der Waals surface area contributed by atoms with Crippen LogP contribution in [0.15, 0.2) is 0 Å². The Kier molecular flexibility index (Phi) is 8.53. The Bertz CT molecular complexity index is 397. The summed E-state index contributed by atoms with van der Waals surface area (Å²) in [7, 11) is -1.38. The first-order valence-electron chi connectivity index (χ1n) is 8.20. The van der Waals surface area contributed by atoms with Gasteiger partial charge in [-0.25, -0.2) is 0 Å². The van der Waals surface area contributed by atoms with Crippen LogP contribution in [0, 0.1) is 11.8 Å². The molecule has 0 aliphatic carbocycles. The van der Waals surface area contributed by atoms with Crippen molar-refractivity contribution in [1.29, 1.82) is 0 Å². The van der Waals surface area contributed by atoms with Gasteiger partial charge in [0.25, 0.3) is 0 Å². The second-order valence-electron chi connectivity index (χ2n) is 6.25. The summed E-state index contributed by atoms with van der Waals surface area (Å²) in [6.07, 6.45) is 3.39. The van der Waals surface area contributed by atoms with E-state index in [1.165, 1.54) is 4.90 Å². The van der Waals surface area contributed by atoms with E-state index in [1.54, 1.807) is 0 Å². The minimum Gasteiger partial charge on any atom is -0.481 e. The van der Waals surface area contributed by atoms with Gasteiger partial charge in [0.2, 0.25) is 5.91 Å². The highest BCUT2D eigenvalue weighted by molar-refractivity contribution is 6.40. The number of amides is 1. The second-order valence-corrected chi connectivity index (χ2v) is 6.25. The van der Waals surface area contributed by atoms with Crippen molar-refractivity contribution in [3.63, 3.8) is 0 Å². The molecule has 132 valence electrons. The number of hydrogen-bond acceptors (Lipinski definition) is 6. The van der Waals surface area contributed by atoms with Crippen LogP contribution in [0.4, 0.5) is 0 Å². The molecule has 8 nitrogen and oxygen atoms in total. The van der Waals surface area contributed by atoms with Crippen molar-refractivity contribution in [3.05, 3.63) is 0 Å². The Morgan fingerprint density at radius 1 is 1.22 bits per heavy atom. The minimum absolute atomic E-state index is 0.172. The van der Waals surface area contributed by atoms with Crippen molar-refractivity contribution >= 4 is 19.0 Å². The Labute approximate surface area is 137 Å². The maximum atomic E-state index is 12.3. The summed E-state index contributed by atoms with van der Waals surface area (Å²) in [6, 6.07) is -0.617. The molecule has 0 aromatic rings. The standard InChI is InChI=1S/C14H28BN3O5/c16-7-2-1-5-12(17)13(19)18-8-10(4-3-6-15(22)23)11(9-18)14(20)21/h10-12,22-23H,1-9,16-17H2,(H,20,21)/t10?,11?,12-/m0/s1. The molecule has 1 aliphatic heterocycles. The van der Waals surface area contributed by atoms with Gasteiger partial charge >= 0.3 is 13.1 Å². The predicted octanol–water partition coefficient (Wildman–Crippen LogP) is -1.15. The number of likely N-dealkylation sites (tertiary alicyclic amines) is 1. The average molecular weight is 329 g/mol. The molecule has 2 unspecified atom stereocenters. The molecule has 0 aromatic heterocycles. The summed E-state index contributed by atoms with van der Waals surface area (Å²) in [6.45, 7) is 1.09. The molecule has 1 aliphatic rings. The number of hydrogen-bond donors (Lipinski definition) is 5. The van der Waals surface area contributed by atoms with Gasteiger partial charge in [0.05, 0.1) is 12.0 Å². The molecule has 3 atom stereocenters. The van der Waals surface area contributed by atoms with Gasteiger partial charge in [-0.3, -0.25) is 9.59 Å². The van der Waals surface area contributed by atoms with Crippen molar-refractivity contribution < 1.29 is 24.7 Å². The van der Waals surface area contributed by atoms with Crippen LogP contribution in [0.3, 0.4) is 0 Å². The van der Waals surface area contributed by atoms with Crippen molar-refractivity contribution in [2.24, 2.45) is 23.3 Å². The van der Waals surface area contributed by atoms with Crippen molar-refractivity contribution in [3.8, 4) is 0 Å². The number of carbonyl (C=O) groups excluding carboxylic acids is 1. The Morgan fingerprint density at radius 2 is 1.91 bits per heavy atom.